The molecular formula is C24H25N3O4. The van der Waals surface area contributed by atoms with Gasteiger partial charge in [-0.1, -0.05) is 18.2 Å². The molecule has 1 saturated carbocycles. The SMILES string of the molecule is COc1cc(-c2cc(C(=O)NN=C3CCCC3)c3ccccc3n2)cc(OC)c1OC. The fourth-order valence-electron chi connectivity index (χ4n) is 3.83. The van der Waals surface area contributed by atoms with Crippen molar-refractivity contribution < 1.29 is 19.0 Å². The average molecular weight is 419 g/mol. The van der Waals surface area contributed by atoms with Gasteiger partial charge in [0.2, 0.25) is 5.75 Å². The molecule has 1 heterocycles. The number of amides is 1. The first-order valence-corrected chi connectivity index (χ1v) is 10.2. The monoisotopic (exact) mass is 419 g/mol. The predicted molar refractivity (Wildman–Crippen MR) is 120 cm³/mol. The number of para-hydroxylation sites is 1. The summed E-state index contributed by atoms with van der Waals surface area (Å²) in [7, 11) is 4.69. The number of methoxy groups -OCH3 is 3. The van der Waals surface area contributed by atoms with Crippen molar-refractivity contribution in [3.63, 3.8) is 0 Å². The number of fused-ring (bicyclic) bond motifs is 1. The largest absolute Gasteiger partial charge is 0.493 e. The van der Waals surface area contributed by atoms with Gasteiger partial charge in [0.05, 0.1) is 38.1 Å². The third-order valence-corrected chi connectivity index (χ3v) is 5.42. The van der Waals surface area contributed by atoms with Crippen LogP contribution < -0.4 is 19.6 Å². The molecule has 0 radical (unpaired) electrons. The first-order chi connectivity index (χ1) is 15.1. The van der Waals surface area contributed by atoms with E-state index >= 15 is 0 Å². The van der Waals surface area contributed by atoms with Crippen molar-refractivity contribution in [2.24, 2.45) is 5.10 Å². The minimum absolute atomic E-state index is 0.258. The molecule has 1 aliphatic rings. The van der Waals surface area contributed by atoms with E-state index in [2.05, 4.69) is 10.5 Å². The molecule has 0 unspecified atom stereocenters. The Labute approximate surface area is 181 Å². The van der Waals surface area contributed by atoms with Crippen LogP contribution in [-0.2, 0) is 0 Å². The Morgan fingerprint density at radius 1 is 0.968 bits per heavy atom. The van der Waals surface area contributed by atoms with Crippen LogP contribution in [0.25, 0.3) is 22.2 Å². The summed E-state index contributed by atoms with van der Waals surface area (Å²) in [5, 5.41) is 5.09. The minimum Gasteiger partial charge on any atom is -0.493 e. The summed E-state index contributed by atoms with van der Waals surface area (Å²) < 4.78 is 16.4. The van der Waals surface area contributed by atoms with Gasteiger partial charge in [-0.15, -0.1) is 0 Å². The van der Waals surface area contributed by atoms with E-state index in [1.54, 1.807) is 27.4 Å². The number of hydrazone groups is 1. The highest BCUT2D eigenvalue weighted by molar-refractivity contribution is 6.07. The van der Waals surface area contributed by atoms with Gasteiger partial charge in [0, 0.05) is 16.7 Å². The highest BCUT2D eigenvalue weighted by Gasteiger charge is 2.18. The van der Waals surface area contributed by atoms with Crippen LogP contribution in [0, 0.1) is 0 Å². The summed E-state index contributed by atoms with van der Waals surface area (Å²) in [6, 6.07) is 13.0. The van der Waals surface area contributed by atoms with Gasteiger partial charge in [-0.25, -0.2) is 10.4 Å². The molecule has 1 aromatic heterocycles. The molecule has 1 N–H and O–H groups in total. The van der Waals surface area contributed by atoms with Gasteiger partial charge >= 0.3 is 0 Å². The number of carbonyl (C=O) groups excluding carboxylic acids is 1. The molecule has 3 aromatic rings. The molecule has 0 aliphatic heterocycles. The highest BCUT2D eigenvalue weighted by atomic mass is 16.5. The Balaban J connectivity index is 1.81. The summed E-state index contributed by atoms with van der Waals surface area (Å²) in [6.07, 6.45) is 4.12. The fraction of sp³-hybridized carbons (Fsp3) is 0.292. The normalized spacial score (nSPS) is 13.2. The van der Waals surface area contributed by atoms with Crippen molar-refractivity contribution in [1.29, 1.82) is 0 Å². The molecule has 1 aliphatic carbocycles. The quantitative estimate of drug-likeness (QED) is 0.591. The number of hydrogen-bond donors (Lipinski definition) is 1. The van der Waals surface area contributed by atoms with Crippen LogP contribution in [0.1, 0.15) is 36.0 Å². The second kappa shape index (κ2) is 9.04. The molecular weight excluding hydrogens is 394 g/mol. The van der Waals surface area contributed by atoms with Crippen LogP contribution in [0.4, 0.5) is 0 Å². The lowest BCUT2D eigenvalue weighted by Crippen LogP contribution is -2.19. The van der Waals surface area contributed by atoms with Gasteiger partial charge < -0.3 is 14.2 Å². The van der Waals surface area contributed by atoms with Crippen molar-refractivity contribution >= 4 is 22.5 Å². The van der Waals surface area contributed by atoms with Crippen LogP contribution in [0.2, 0.25) is 0 Å². The van der Waals surface area contributed by atoms with Crippen molar-refractivity contribution in [3.05, 3.63) is 48.0 Å². The van der Waals surface area contributed by atoms with Crippen molar-refractivity contribution in [1.82, 2.24) is 10.4 Å². The number of aromatic nitrogens is 1. The van der Waals surface area contributed by atoms with Crippen LogP contribution in [-0.4, -0.2) is 37.9 Å². The van der Waals surface area contributed by atoms with Gasteiger partial charge in [-0.3, -0.25) is 4.79 Å². The number of hydrogen-bond acceptors (Lipinski definition) is 6. The molecule has 160 valence electrons. The van der Waals surface area contributed by atoms with Crippen molar-refractivity contribution in [3.8, 4) is 28.5 Å². The summed E-state index contributed by atoms with van der Waals surface area (Å²) in [6.45, 7) is 0. The molecule has 0 atom stereocenters. The zero-order valence-electron chi connectivity index (χ0n) is 17.9. The van der Waals surface area contributed by atoms with E-state index in [1.165, 1.54) is 0 Å². The van der Waals surface area contributed by atoms with E-state index in [1.807, 2.05) is 36.4 Å². The topological polar surface area (TPSA) is 82.0 Å². The van der Waals surface area contributed by atoms with Crippen molar-refractivity contribution in [2.75, 3.05) is 21.3 Å². The summed E-state index contributed by atoms with van der Waals surface area (Å²) >= 11 is 0. The number of nitrogens with zero attached hydrogens (tertiary/aromatic N) is 2. The molecule has 7 heteroatoms. The highest BCUT2D eigenvalue weighted by Crippen LogP contribution is 2.41. The van der Waals surface area contributed by atoms with Gasteiger partial charge in [-0.2, -0.15) is 5.10 Å². The summed E-state index contributed by atoms with van der Waals surface area (Å²) in [5.74, 6) is 1.28. The van der Waals surface area contributed by atoms with Crippen LogP contribution >= 0.6 is 0 Å². The first-order valence-electron chi connectivity index (χ1n) is 10.2. The maximum Gasteiger partial charge on any atom is 0.272 e. The number of benzene rings is 2. The molecule has 2 aromatic carbocycles. The molecule has 0 saturated heterocycles. The molecule has 1 amide bonds. The van der Waals surface area contributed by atoms with Crippen LogP contribution in [0.5, 0.6) is 17.2 Å². The van der Waals surface area contributed by atoms with E-state index in [9.17, 15) is 4.79 Å². The van der Waals surface area contributed by atoms with Gasteiger partial charge in [-0.05, 0) is 49.9 Å². The first kappa shape index (κ1) is 20.7. The fourth-order valence-corrected chi connectivity index (χ4v) is 3.83. The van der Waals surface area contributed by atoms with Crippen molar-refractivity contribution in [2.45, 2.75) is 25.7 Å². The lowest BCUT2D eigenvalue weighted by molar-refractivity contribution is 0.0956. The average Bonchev–Trinajstić information content (AvgIpc) is 3.34. The Morgan fingerprint density at radius 3 is 2.29 bits per heavy atom. The molecule has 1 fully saturated rings. The number of rotatable bonds is 6. The Hall–Kier alpha value is -3.61. The van der Waals surface area contributed by atoms with E-state index in [4.69, 9.17) is 19.2 Å². The minimum atomic E-state index is -0.258. The maximum absolute atomic E-state index is 13.0. The smallest absolute Gasteiger partial charge is 0.272 e. The third kappa shape index (κ3) is 4.17. The molecule has 7 nitrogen and oxygen atoms in total. The lowest BCUT2D eigenvalue weighted by atomic mass is 10.0. The van der Waals surface area contributed by atoms with Crippen LogP contribution in [0.3, 0.4) is 0 Å². The van der Waals surface area contributed by atoms with E-state index in [-0.39, 0.29) is 5.91 Å². The van der Waals surface area contributed by atoms with Gasteiger partial charge in [0.25, 0.3) is 5.91 Å². The third-order valence-electron chi connectivity index (χ3n) is 5.42. The molecule has 31 heavy (non-hydrogen) atoms. The number of carbonyl (C=O) groups is 1. The Kier molecular flexibility index (Phi) is 6.02. The molecule has 4 rings (SSSR count). The number of ether oxygens (including phenoxy) is 3. The van der Waals surface area contributed by atoms with Gasteiger partial charge in [0.15, 0.2) is 11.5 Å². The second-order valence-corrected chi connectivity index (χ2v) is 7.31. The number of pyridine rings is 1. The lowest BCUT2D eigenvalue weighted by Gasteiger charge is -2.15. The zero-order chi connectivity index (χ0) is 21.8. The standard InChI is InChI=1S/C24H25N3O4/c1-29-21-12-15(13-22(30-2)23(21)31-3)20-14-18(17-10-6-7-11-19(17)25-20)24(28)27-26-16-8-4-5-9-16/h6-7,10-14H,4-5,8-9H2,1-3H3,(H,27,28). The molecule has 0 spiro atoms. The van der Waals surface area contributed by atoms with Crippen LogP contribution in [0.15, 0.2) is 47.6 Å². The Bertz CT molecular complexity index is 1120. The van der Waals surface area contributed by atoms with E-state index in [0.29, 0.717) is 34.0 Å². The summed E-state index contributed by atoms with van der Waals surface area (Å²) in [4.78, 5) is 17.8. The zero-order valence-corrected chi connectivity index (χ0v) is 17.9. The maximum atomic E-state index is 13.0. The number of nitrogens with one attached hydrogen (secondary N) is 1. The molecule has 0 bridgehead atoms. The van der Waals surface area contributed by atoms with E-state index < -0.39 is 0 Å². The predicted octanol–water partition coefficient (Wildman–Crippen LogP) is 4.59. The van der Waals surface area contributed by atoms with E-state index in [0.717, 1.165) is 42.3 Å². The van der Waals surface area contributed by atoms with Gasteiger partial charge in [0.1, 0.15) is 0 Å². The summed E-state index contributed by atoms with van der Waals surface area (Å²) in [5.41, 5.74) is 6.36. The second-order valence-electron chi connectivity index (χ2n) is 7.31. The Morgan fingerprint density at radius 2 is 1.65 bits per heavy atom.